The second-order valence-electron chi connectivity index (χ2n) is 3.47. The number of methoxy groups -OCH3 is 1. The average molecular weight is 440 g/mol. The molecule has 0 aliphatic rings. The highest BCUT2D eigenvalue weighted by Gasteiger charge is 2.13. The Morgan fingerprint density at radius 1 is 1.50 bits per heavy atom. The molecule has 18 heavy (non-hydrogen) atoms. The number of hydrogen-bond acceptors (Lipinski definition) is 5. The first-order chi connectivity index (χ1) is 8.65. The quantitative estimate of drug-likeness (QED) is 0.736. The van der Waals surface area contributed by atoms with Gasteiger partial charge in [-0.1, -0.05) is 0 Å². The van der Waals surface area contributed by atoms with Gasteiger partial charge in [-0.2, -0.15) is 0 Å². The molecule has 4 nitrogen and oxygen atoms in total. The molecule has 1 N–H and O–H groups in total. The molecule has 7 heteroatoms. The van der Waals surface area contributed by atoms with E-state index in [9.17, 15) is 0 Å². The summed E-state index contributed by atoms with van der Waals surface area (Å²) in [5.74, 6) is 1.56. The van der Waals surface area contributed by atoms with Gasteiger partial charge in [0.2, 0.25) is 0 Å². The summed E-state index contributed by atoms with van der Waals surface area (Å²) in [5, 5.41) is 5.11. The highest BCUT2D eigenvalue weighted by molar-refractivity contribution is 14.1. The first-order valence-corrected chi connectivity index (χ1v) is 7.88. The summed E-state index contributed by atoms with van der Waals surface area (Å²) in [7, 11) is 3.52. The van der Waals surface area contributed by atoms with Gasteiger partial charge in [-0.05, 0) is 44.6 Å². The number of thiophene rings is 1. The average Bonchev–Trinajstić information content (AvgIpc) is 2.79. The molecule has 0 saturated heterocycles. The summed E-state index contributed by atoms with van der Waals surface area (Å²) in [6.07, 6.45) is 0. The number of aromatic nitrogens is 2. The molecule has 0 aromatic carbocycles. The van der Waals surface area contributed by atoms with Gasteiger partial charge in [-0.15, -0.1) is 11.3 Å². The Morgan fingerprint density at radius 2 is 2.28 bits per heavy atom. The second-order valence-corrected chi connectivity index (χ2v) is 6.37. The number of rotatable bonds is 4. The third-order valence-corrected chi connectivity index (χ3v) is 5.05. The van der Waals surface area contributed by atoms with Crippen LogP contribution in [-0.2, 0) is 11.3 Å². The molecule has 0 amide bonds. The molecular weight excluding hydrogens is 429 g/mol. The first-order valence-electron chi connectivity index (χ1n) is 5.13. The Morgan fingerprint density at radius 3 is 2.83 bits per heavy atom. The molecule has 0 aliphatic carbocycles. The predicted molar refractivity (Wildman–Crippen MR) is 86.0 cm³/mol. The molecular formula is C11H11BrIN3OS. The van der Waals surface area contributed by atoms with Crippen molar-refractivity contribution >= 4 is 55.7 Å². The van der Waals surface area contributed by atoms with Crippen LogP contribution in [0.15, 0.2) is 15.9 Å². The maximum absolute atomic E-state index is 5.18. The largest absolute Gasteiger partial charge is 0.378 e. The van der Waals surface area contributed by atoms with Crippen molar-refractivity contribution in [3.8, 4) is 10.7 Å². The van der Waals surface area contributed by atoms with Crippen molar-refractivity contribution in [2.45, 2.75) is 6.61 Å². The van der Waals surface area contributed by atoms with Gasteiger partial charge in [0.25, 0.3) is 0 Å². The van der Waals surface area contributed by atoms with Gasteiger partial charge in [0.1, 0.15) is 5.82 Å². The maximum atomic E-state index is 5.18. The third-order valence-electron chi connectivity index (χ3n) is 2.23. The van der Waals surface area contributed by atoms with Crippen molar-refractivity contribution in [1.82, 2.24) is 9.97 Å². The lowest BCUT2D eigenvalue weighted by atomic mass is 10.3. The van der Waals surface area contributed by atoms with Crippen LogP contribution in [0.1, 0.15) is 5.69 Å². The standard InChI is InChI=1S/C11H11BrIN3OS/c1-14-11-9(13)7(4-17-2)15-10(16-11)8-3-6(12)5-18-8/h3,5H,4H2,1-2H3,(H,14,15,16). The van der Waals surface area contributed by atoms with Gasteiger partial charge < -0.3 is 10.1 Å². The van der Waals surface area contributed by atoms with Crippen LogP contribution in [0.5, 0.6) is 0 Å². The normalized spacial score (nSPS) is 10.7. The van der Waals surface area contributed by atoms with Crippen LogP contribution in [0.25, 0.3) is 10.7 Å². The molecule has 2 aromatic rings. The first kappa shape index (κ1) is 14.2. The summed E-state index contributed by atoms with van der Waals surface area (Å²) in [6.45, 7) is 0.481. The number of nitrogens with zero attached hydrogens (tertiary/aromatic N) is 2. The molecule has 2 aromatic heterocycles. The molecule has 0 saturated carbocycles. The molecule has 0 fully saturated rings. The zero-order valence-corrected chi connectivity index (χ0v) is 14.4. The van der Waals surface area contributed by atoms with Crippen LogP contribution in [0.2, 0.25) is 0 Å². The van der Waals surface area contributed by atoms with E-state index in [-0.39, 0.29) is 0 Å². The number of anilines is 1. The molecule has 0 atom stereocenters. The number of nitrogens with one attached hydrogen (secondary N) is 1. The summed E-state index contributed by atoms with van der Waals surface area (Å²) in [5.41, 5.74) is 0.900. The lowest BCUT2D eigenvalue weighted by Gasteiger charge is -2.09. The Balaban J connectivity index is 2.51. The fraction of sp³-hybridized carbons (Fsp3) is 0.273. The van der Waals surface area contributed by atoms with Crippen LogP contribution in [0.4, 0.5) is 5.82 Å². The van der Waals surface area contributed by atoms with E-state index in [0.717, 1.165) is 30.3 Å². The number of ether oxygens (including phenoxy) is 1. The monoisotopic (exact) mass is 439 g/mol. The molecule has 0 bridgehead atoms. The minimum Gasteiger partial charge on any atom is -0.378 e. The topological polar surface area (TPSA) is 47.0 Å². The Labute approximate surface area is 131 Å². The van der Waals surface area contributed by atoms with E-state index in [0.29, 0.717) is 6.61 Å². The SMILES string of the molecule is CNc1nc(-c2cc(Br)cs2)nc(COC)c1I. The van der Waals surface area contributed by atoms with Crippen LogP contribution < -0.4 is 5.32 Å². The van der Waals surface area contributed by atoms with E-state index >= 15 is 0 Å². The molecule has 2 heterocycles. The van der Waals surface area contributed by atoms with Crippen LogP contribution in [0, 0.1) is 3.57 Å². The van der Waals surface area contributed by atoms with E-state index in [1.54, 1.807) is 18.4 Å². The van der Waals surface area contributed by atoms with Gasteiger partial charge in [0.05, 0.1) is 20.7 Å². The van der Waals surface area contributed by atoms with Gasteiger partial charge in [-0.25, -0.2) is 9.97 Å². The van der Waals surface area contributed by atoms with E-state index in [1.807, 2.05) is 18.5 Å². The predicted octanol–water partition coefficient (Wildman–Crippen LogP) is 3.76. The van der Waals surface area contributed by atoms with Crippen LogP contribution in [-0.4, -0.2) is 24.1 Å². The van der Waals surface area contributed by atoms with Gasteiger partial charge in [0.15, 0.2) is 5.82 Å². The Hall–Kier alpha value is -0.250. The maximum Gasteiger partial charge on any atom is 0.172 e. The van der Waals surface area contributed by atoms with Crippen LogP contribution >= 0.6 is 49.9 Å². The van der Waals surface area contributed by atoms with Crippen molar-refractivity contribution in [3.05, 3.63) is 25.2 Å². The highest BCUT2D eigenvalue weighted by atomic mass is 127. The second kappa shape index (κ2) is 6.27. The smallest absolute Gasteiger partial charge is 0.172 e. The summed E-state index contributed by atoms with van der Waals surface area (Å²) in [6, 6.07) is 2.02. The van der Waals surface area contributed by atoms with E-state index in [1.165, 1.54) is 0 Å². The van der Waals surface area contributed by atoms with Crippen molar-refractivity contribution in [1.29, 1.82) is 0 Å². The number of hydrogen-bond donors (Lipinski definition) is 1. The molecule has 0 radical (unpaired) electrons. The summed E-state index contributed by atoms with van der Waals surface area (Å²) >= 11 is 7.29. The molecule has 0 aliphatic heterocycles. The minimum atomic E-state index is 0.481. The van der Waals surface area contributed by atoms with Crippen molar-refractivity contribution < 1.29 is 4.74 Å². The lowest BCUT2D eigenvalue weighted by Crippen LogP contribution is -2.05. The van der Waals surface area contributed by atoms with Crippen molar-refractivity contribution in [2.75, 3.05) is 19.5 Å². The zero-order chi connectivity index (χ0) is 13.1. The van der Waals surface area contributed by atoms with Crippen molar-refractivity contribution in [2.24, 2.45) is 0 Å². The minimum absolute atomic E-state index is 0.481. The van der Waals surface area contributed by atoms with E-state index in [2.05, 4.69) is 53.8 Å². The third kappa shape index (κ3) is 3.01. The Kier molecular flexibility index (Phi) is 4.93. The van der Waals surface area contributed by atoms with Crippen molar-refractivity contribution in [3.63, 3.8) is 0 Å². The fourth-order valence-corrected chi connectivity index (χ4v) is 3.46. The van der Waals surface area contributed by atoms with E-state index < -0.39 is 0 Å². The summed E-state index contributed by atoms with van der Waals surface area (Å²) < 4.78 is 7.22. The van der Waals surface area contributed by atoms with Gasteiger partial charge in [-0.3, -0.25) is 0 Å². The van der Waals surface area contributed by atoms with Crippen LogP contribution in [0.3, 0.4) is 0 Å². The Bertz CT molecular complexity index is 561. The highest BCUT2D eigenvalue weighted by Crippen LogP contribution is 2.30. The lowest BCUT2D eigenvalue weighted by molar-refractivity contribution is 0.181. The van der Waals surface area contributed by atoms with Gasteiger partial charge >= 0.3 is 0 Å². The molecule has 0 spiro atoms. The molecule has 2 rings (SSSR count). The fourth-order valence-electron chi connectivity index (χ4n) is 1.43. The molecule has 0 unspecified atom stereocenters. The van der Waals surface area contributed by atoms with E-state index in [4.69, 9.17) is 4.74 Å². The number of halogens is 2. The molecule has 96 valence electrons. The summed E-state index contributed by atoms with van der Waals surface area (Å²) in [4.78, 5) is 10.1. The van der Waals surface area contributed by atoms with Gasteiger partial charge in [0, 0.05) is 24.0 Å². The zero-order valence-electron chi connectivity index (χ0n) is 9.83.